The summed E-state index contributed by atoms with van der Waals surface area (Å²) >= 11 is 0. The van der Waals surface area contributed by atoms with Crippen molar-refractivity contribution in [3.63, 3.8) is 0 Å². The Bertz CT molecular complexity index is 206. The van der Waals surface area contributed by atoms with Gasteiger partial charge in [0.15, 0.2) is 5.79 Å². The van der Waals surface area contributed by atoms with Gasteiger partial charge in [-0.3, -0.25) is 0 Å². The molecule has 1 spiro atoms. The molecule has 0 bridgehead atoms. The molecule has 1 saturated carbocycles. The van der Waals surface area contributed by atoms with Crippen molar-refractivity contribution in [3.8, 4) is 0 Å². The Morgan fingerprint density at radius 3 is 2.50 bits per heavy atom. The minimum Gasteiger partial charge on any atom is -0.392 e. The Balaban J connectivity index is 1.69. The molecule has 1 heterocycles. The van der Waals surface area contributed by atoms with Crippen LogP contribution in [0.25, 0.3) is 0 Å². The second-order valence-corrected chi connectivity index (χ2v) is 4.85. The van der Waals surface area contributed by atoms with Crippen LogP contribution in [0.5, 0.6) is 0 Å². The zero-order chi connectivity index (χ0) is 11.4. The van der Waals surface area contributed by atoms with E-state index in [1.807, 2.05) is 6.92 Å². The summed E-state index contributed by atoms with van der Waals surface area (Å²) in [6.45, 7) is 4.19. The van der Waals surface area contributed by atoms with Crippen LogP contribution in [0.3, 0.4) is 0 Å². The molecular weight excluding hydrogens is 206 g/mol. The molecule has 1 atom stereocenters. The van der Waals surface area contributed by atoms with Gasteiger partial charge in [0.2, 0.25) is 0 Å². The number of rotatable bonds is 4. The molecule has 4 heteroatoms. The molecule has 0 aromatic carbocycles. The first-order valence-corrected chi connectivity index (χ1v) is 6.43. The smallest absolute Gasteiger partial charge is 0.168 e. The van der Waals surface area contributed by atoms with Gasteiger partial charge < -0.3 is 19.9 Å². The third-order valence-electron chi connectivity index (χ3n) is 3.67. The van der Waals surface area contributed by atoms with Crippen LogP contribution < -0.4 is 5.32 Å². The zero-order valence-electron chi connectivity index (χ0n) is 10.1. The summed E-state index contributed by atoms with van der Waals surface area (Å²) in [5.74, 6) is -0.262. The second-order valence-electron chi connectivity index (χ2n) is 4.85. The Labute approximate surface area is 97.3 Å². The SMILES string of the molecule is CCC(O)CNC1CCC2(CC1)OCCO2. The van der Waals surface area contributed by atoms with Crippen molar-refractivity contribution >= 4 is 0 Å². The molecule has 0 aromatic heterocycles. The highest BCUT2D eigenvalue weighted by atomic mass is 16.7. The highest BCUT2D eigenvalue weighted by Gasteiger charge is 2.40. The first-order chi connectivity index (χ1) is 7.74. The molecule has 94 valence electrons. The van der Waals surface area contributed by atoms with Gasteiger partial charge in [0.1, 0.15) is 0 Å². The van der Waals surface area contributed by atoms with Crippen LogP contribution in [0.15, 0.2) is 0 Å². The van der Waals surface area contributed by atoms with Crippen molar-refractivity contribution < 1.29 is 14.6 Å². The summed E-state index contributed by atoms with van der Waals surface area (Å²) in [6, 6.07) is 0.514. The summed E-state index contributed by atoms with van der Waals surface area (Å²) in [4.78, 5) is 0. The van der Waals surface area contributed by atoms with Gasteiger partial charge in [-0.05, 0) is 19.3 Å². The van der Waals surface area contributed by atoms with E-state index in [1.54, 1.807) is 0 Å². The van der Waals surface area contributed by atoms with Crippen molar-refractivity contribution in [2.75, 3.05) is 19.8 Å². The summed E-state index contributed by atoms with van der Waals surface area (Å²) in [7, 11) is 0. The van der Waals surface area contributed by atoms with Crippen LogP contribution in [0.4, 0.5) is 0 Å². The fourth-order valence-electron chi connectivity index (χ4n) is 2.49. The van der Waals surface area contributed by atoms with Crippen molar-refractivity contribution in [1.82, 2.24) is 5.32 Å². The molecule has 1 aliphatic carbocycles. The third kappa shape index (κ3) is 2.94. The summed E-state index contributed by atoms with van der Waals surface area (Å²) in [5, 5.41) is 12.9. The Morgan fingerprint density at radius 1 is 1.31 bits per heavy atom. The number of hydrogen-bond acceptors (Lipinski definition) is 4. The van der Waals surface area contributed by atoms with Crippen LogP contribution in [0, 0.1) is 0 Å². The molecule has 2 N–H and O–H groups in total. The van der Waals surface area contributed by atoms with Crippen molar-refractivity contribution in [2.45, 2.75) is 57.0 Å². The predicted octanol–water partition coefficient (Wildman–Crippen LogP) is 1.03. The van der Waals surface area contributed by atoms with Crippen molar-refractivity contribution in [3.05, 3.63) is 0 Å². The first-order valence-electron chi connectivity index (χ1n) is 6.43. The van der Waals surface area contributed by atoms with Crippen LogP contribution in [-0.4, -0.2) is 42.8 Å². The Hall–Kier alpha value is -0.160. The highest BCUT2D eigenvalue weighted by molar-refractivity contribution is 4.85. The summed E-state index contributed by atoms with van der Waals surface area (Å²) < 4.78 is 11.4. The van der Waals surface area contributed by atoms with Crippen LogP contribution >= 0.6 is 0 Å². The van der Waals surface area contributed by atoms with Gasteiger partial charge in [-0.1, -0.05) is 6.92 Å². The lowest BCUT2D eigenvalue weighted by Crippen LogP contribution is -2.43. The summed E-state index contributed by atoms with van der Waals surface area (Å²) in [5.41, 5.74) is 0. The topological polar surface area (TPSA) is 50.7 Å². The minimum atomic E-state index is -0.262. The molecule has 1 saturated heterocycles. The molecule has 2 rings (SSSR count). The van der Waals surface area contributed by atoms with E-state index < -0.39 is 0 Å². The number of hydrogen-bond donors (Lipinski definition) is 2. The number of nitrogens with one attached hydrogen (secondary N) is 1. The maximum absolute atomic E-state index is 9.48. The second kappa shape index (κ2) is 5.45. The predicted molar refractivity (Wildman–Crippen MR) is 61.2 cm³/mol. The number of ether oxygens (including phenoxy) is 2. The van der Waals surface area contributed by atoms with Crippen LogP contribution in [-0.2, 0) is 9.47 Å². The lowest BCUT2D eigenvalue weighted by Gasteiger charge is -2.35. The number of aliphatic hydroxyl groups is 1. The lowest BCUT2D eigenvalue weighted by molar-refractivity contribution is -0.179. The Kier molecular flexibility index (Phi) is 4.19. The third-order valence-corrected chi connectivity index (χ3v) is 3.67. The van der Waals surface area contributed by atoms with Gasteiger partial charge in [0, 0.05) is 25.4 Å². The zero-order valence-corrected chi connectivity index (χ0v) is 10.1. The standard InChI is InChI=1S/C12H23NO3/c1-2-11(14)9-13-10-3-5-12(6-4-10)15-7-8-16-12/h10-11,13-14H,2-9H2,1H3. The molecule has 4 nitrogen and oxygen atoms in total. The molecule has 0 aromatic rings. The molecule has 1 unspecified atom stereocenters. The van der Waals surface area contributed by atoms with Gasteiger partial charge in [0.25, 0.3) is 0 Å². The van der Waals surface area contributed by atoms with E-state index >= 15 is 0 Å². The molecular formula is C12H23NO3. The van der Waals surface area contributed by atoms with E-state index in [2.05, 4.69) is 5.32 Å². The van der Waals surface area contributed by atoms with E-state index in [0.717, 1.165) is 45.3 Å². The molecule has 0 amide bonds. The maximum Gasteiger partial charge on any atom is 0.168 e. The first kappa shape index (κ1) is 12.3. The van der Waals surface area contributed by atoms with E-state index in [4.69, 9.17) is 9.47 Å². The Morgan fingerprint density at radius 2 is 1.94 bits per heavy atom. The minimum absolute atomic E-state index is 0.213. The molecule has 1 aliphatic heterocycles. The van der Waals surface area contributed by atoms with Gasteiger partial charge in [0.05, 0.1) is 19.3 Å². The highest BCUT2D eigenvalue weighted by Crippen LogP contribution is 2.35. The average Bonchev–Trinajstić information content (AvgIpc) is 2.77. The van der Waals surface area contributed by atoms with Gasteiger partial charge in [-0.2, -0.15) is 0 Å². The van der Waals surface area contributed by atoms with Gasteiger partial charge >= 0.3 is 0 Å². The fourth-order valence-corrected chi connectivity index (χ4v) is 2.49. The molecule has 0 radical (unpaired) electrons. The molecule has 2 fully saturated rings. The van der Waals surface area contributed by atoms with Gasteiger partial charge in [-0.15, -0.1) is 0 Å². The normalized spacial score (nSPS) is 27.4. The van der Waals surface area contributed by atoms with Crippen molar-refractivity contribution in [2.24, 2.45) is 0 Å². The monoisotopic (exact) mass is 229 g/mol. The largest absolute Gasteiger partial charge is 0.392 e. The van der Waals surface area contributed by atoms with Crippen LogP contribution in [0.2, 0.25) is 0 Å². The summed E-state index contributed by atoms with van der Waals surface area (Å²) in [6.07, 6.45) is 4.72. The molecule has 16 heavy (non-hydrogen) atoms. The molecule has 2 aliphatic rings. The maximum atomic E-state index is 9.48. The van der Waals surface area contributed by atoms with E-state index in [1.165, 1.54) is 0 Å². The van der Waals surface area contributed by atoms with Gasteiger partial charge in [-0.25, -0.2) is 0 Å². The fraction of sp³-hybridized carbons (Fsp3) is 1.00. The quantitative estimate of drug-likeness (QED) is 0.756. The van der Waals surface area contributed by atoms with Crippen molar-refractivity contribution in [1.29, 1.82) is 0 Å². The van der Waals surface area contributed by atoms with E-state index in [-0.39, 0.29) is 11.9 Å². The number of aliphatic hydroxyl groups excluding tert-OH is 1. The lowest BCUT2D eigenvalue weighted by atomic mass is 9.90. The van der Waals surface area contributed by atoms with Crippen LogP contribution in [0.1, 0.15) is 39.0 Å². The van der Waals surface area contributed by atoms with E-state index in [9.17, 15) is 5.11 Å². The average molecular weight is 229 g/mol. The van der Waals surface area contributed by atoms with E-state index in [0.29, 0.717) is 12.6 Å².